The van der Waals surface area contributed by atoms with E-state index in [4.69, 9.17) is 10.5 Å². The molecule has 0 saturated heterocycles. The maximum atomic E-state index is 11.9. The quantitative estimate of drug-likeness (QED) is 0.819. The Balaban J connectivity index is 2.01. The van der Waals surface area contributed by atoms with E-state index in [0.29, 0.717) is 0 Å². The number of rotatable bonds is 5. The molecule has 0 radical (unpaired) electrons. The Hall–Kier alpha value is -1.36. The van der Waals surface area contributed by atoms with Crippen LogP contribution in [-0.2, 0) is 22.5 Å². The van der Waals surface area contributed by atoms with Crippen molar-refractivity contribution < 1.29 is 9.53 Å². The predicted octanol–water partition coefficient (Wildman–Crippen LogP) is 1.51. The topological polar surface area (TPSA) is 70.1 Å². The number of hydrogen-bond donors (Lipinski definition) is 1. The van der Waals surface area contributed by atoms with Gasteiger partial charge in [0.15, 0.2) is 0 Å². The summed E-state index contributed by atoms with van der Waals surface area (Å²) in [4.78, 5) is 16.2. The van der Waals surface area contributed by atoms with Gasteiger partial charge in [0.1, 0.15) is 11.4 Å². The number of esters is 1. The molecule has 1 fully saturated rings. The third kappa shape index (κ3) is 2.66. The Kier molecular flexibility index (Phi) is 4.24. The number of methoxy groups -OCH3 is 1. The summed E-state index contributed by atoms with van der Waals surface area (Å²) >= 11 is 0. The summed E-state index contributed by atoms with van der Waals surface area (Å²) in [6, 6.07) is 0. The van der Waals surface area contributed by atoms with E-state index in [0.717, 1.165) is 44.5 Å². The fourth-order valence-electron chi connectivity index (χ4n) is 3.12. The van der Waals surface area contributed by atoms with Crippen LogP contribution < -0.4 is 5.73 Å². The molecule has 1 aliphatic carbocycles. The smallest absolute Gasteiger partial charge is 0.326 e. The number of carbonyl (C=O) groups is 1. The van der Waals surface area contributed by atoms with Crippen molar-refractivity contribution in [3.8, 4) is 0 Å². The maximum Gasteiger partial charge on any atom is 0.326 e. The van der Waals surface area contributed by atoms with E-state index in [-0.39, 0.29) is 11.9 Å². The molecular formula is C14H23N3O2. The van der Waals surface area contributed by atoms with Crippen LogP contribution in [0.4, 0.5) is 0 Å². The zero-order chi connectivity index (χ0) is 13.9. The van der Waals surface area contributed by atoms with Crippen LogP contribution >= 0.6 is 0 Å². The second kappa shape index (κ2) is 5.74. The third-order valence-corrected chi connectivity index (χ3v) is 4.27. The number of aryl methyl sites for hydroxylation is 2. The zero-order valence-corrected chi connectivity index (χ0v) is 11.8. The van der Waals surface area contributed by atoms with Crippen LogP contribution in [-0.4, -0.2) is 28.2 Å². The highest BCUT2D eigenvalue weighted by atomic mass is 16.5. The minimum absolute atomic E-state index is 0.201. The maximum absolute atomic E-state index is 11.9. The number of hydrogen-bond acceptors (Lipinski definition) is 4. The minimum Gasteiger partial charge on any atom is -0.468 e. The van der Waals surface area contributed by atoms with Crippen molar-refractivity contribution in [2.75, 3.05) is 7.11 Å². The van der Waals surface area contributed by atoms with E-state index in [2.05, 4.69) is 16.5 Å². The number of nitrogens with zero attached hydrogens (tertiary/aromatic N) is 2. The standard InChI is InChI=1S/C14H23N3O2/c1-3-12-16-8-10-17(12)9-6-11-5-4-7-14(11,15)13(18)19-2/h8,10-11H,3-7,9,15H2,1-2H3. The third-order valence-electron chi connectivity index (χ3n) is 4.27. The van der Waals surface area contributed by atoms with E-state index < -0.39 is 5.54 Å². The molecule has 0 aliphatic heterocycles. The van der Waals surface area contributed by atoms with Gasteiger partial charge in [0.25, 0.3) is 0 Å². The van der Waals surface area contributed by atoms with E-state index in [1.807, 2.05) is 12.4 Å². The lowest BCUT2D eigenvalue weighted by Gasteiger charge is -2.28. The van der Waals surface area contributed by atoms with Crippen LogP contribution in [0.25, 0.3) is 0 Å². The number of ether oxygens (including phenoxy) is 1. The molecule has 5 nitrogen and oxygen atoms in total. The monoisotopic (exact) mass is 265 g/mol. The van der Waals surface area contributed by atoms with Crippen molar-refractivity contribution in [2.24, 2.45) is 11.7 Å². The fraction of sp³-hybridized carbons (Fsp3) is 0.714. The molecule has 0 aromatic carbocycles. The van der Waals surface area contributed by atoms with Gasteiger partial charge in [0.05, 0.1) is 7.11 Å². The lowest BCUT2D eigenvalue weighted by atomic mass is 9.85. The van der Waals surface area contributed by atoms with Gasteiger partial charge in [-0.1, -0.05) is 13.3 Å². The molecule has 106 valence electrons. The van der Waals surface area contributed by atoms with Crippen LogP contribution in [0.15, 0.2) is 12.4 Å². The molecule has 2 N–H and O–H groups in total. The van der Waals surface area contributed by atoms with Gasteiger partial charge in [0.2, 0.25) is 0 Å². The first kappa shape index (κ1) is 14.1. The Labute approximate surface area is 114 Å². The molecule has 0 spiro atoms. The fourth-order valence-corrected chi connectivity index (χ4v) is 3.12. The molecule has 1 heterocycles. The first-order chi connectivity index (χ1) is 9.11. The van der Waals surface area contributed by atoms with E-state index in [9.17, 15) is 4.79 Å². The van der Waals surface area contributed by atoms with Crippen LogP contribution in [0, 0.1) is 5.92 Å². The van der Waals surface area contributed by atoms with E-state index in [1.165, 1.54) is 7.11 Å². The summed E-state index contributed by atoms with van der Waals surface area (Å²) in [6.45, 7) is 2.96. The number of imidazole rings is 1. The summed E-state index contributed by atoms with van der Waals surface area (Å²) in [5.41, 5.74) is 5.48. The second-order valence-electron chi connectivity index (χ2n) is 5.30. The van der Waals surface area contributed by atoms with Gasteiger partial charge in [-0.2, -0.15) is 0 Å². The molecule has 1 aliphatic rings. The molecule has 5 heteroatoms. The predicted molar refractivity (Wildman–Crippen MR) is 72.5 cm³/mol. The highest BCUT2D eigenvalue weighted by Gasteiger charge is 2.46. The molecule has 0 amide bonds. The lowest BCUT2D eigenvalue weighted by Crippen LogP contribution is -2.51. The van der Waals surface area contributed by atoms with Gasteiger partial charge in [-0.15, -0.1) is 0 Å². The van der Waals surface area contributed by atoms with Crippen molar-refractivity contribution in [1.82, 2.24) is 9.55 Å². The van der Waals surface area contributed by atoms with Gasteiger partial charge >= 0.3 is 5.97 Å². The number of aromatic nitrogens is 2. The molecule has 1 aromatic rings. The molecule has 2 rings (SSSR count). The largest absolute Gasteiger partial charge is 0.468 e. The van der Waals surface area contributed by atoms with E-state index in [1.54, 1.807) is 0 Å². The van der Waals surface area contributed by atoms with Crippen molar-refractivity contribution in [2.45, 2.75) is 51.1 Å². The first-order valence-electron chi connectivity index (χ1n) is 6.99. The normalized spacial score (nSPS) is 26.6. The van der Waals surface area contributed by atoms with Gasteiger partial charge in [0, 0.05) is 25.4 Å². The second-order valence-corrected chi connectivity index (χ2v) is 5.30. The van der Waals surface area contributed by atoms with Crippen molar-refractivity contribution >= 4 is 5.97 Å². The van der Waals surface area contributed by atoms with Crippen molar-refractivity contribution in [1.29, 1.82) is 0 Å². The Morgan fingerprint density at radius 2 is 2.47 bits per heavy atom. The number of nitrogens with two attached hydrogens (primary N) is 1. The zero-order valence-electron chi connectivity index (χ0n) is 11.8. The molecule has 19 heavy (non-hydrogen) atoms. The van der Waals surface area contributed by atoms with Crippen LogP contribution in [0.1, 0.15) is 38.4 Å². The summed E-state index contributed by atoms with van der Waals surface area (Å²) in [7, 11) is 1.41. The minimum atomic E-state index is -0.790. The molecule has 2 unspecified atom stereocenters. The highest BCUT2D eigenvalue weighted by molar-refractivity contribution is 5.81. The van der Waals surface area contributed by atoms with Gasteiger partial charge in [-0.05, 0) is 25.2 Å². The summed E-state index contributed by atoms with van der Waals surface area (Å²) in [5, 5.41) is 0. The molecule has 1 aromatic heterocycles. The summed E-state index contributed by atoms with van der Waals surface area (Å²) < 4.78 is 7.02. The first-order valence-corrected chi connectivity index (χ1v) is 6.99. The van der Waals surface area contributed by atoms with Gasteiger partial charge in [-0.25, -0.2) is 4.98 Å². The Bertz CT molecular complexity index is 444. The van der Waals surface area contributed by atoms with Gasteiger partial charge in [-0.3, -0.25) is 4.79 Å². The van der Waals surface area contributed by atoms with Crippen molar-refractivity contribution in [3.05, 3.63) is 18.2 Å². The Morgan fingerprint density at radius 3 is 3.16 bits per heavy atom. The van der Waals surface area contributed by atoms with Gasteiger partial charge < -0.3 is 15.0 Å². The van der Waals surface area contributed by atoms with E-state index >= 15 is 0 Å². The SMILES string of the molecule is CCc1nccn1CCC1CCCC1(N)C(=O)OC. The van der Waals surface area contributed by atoms with Crippen LogP contribution in [0.5, 0.6) is 0 Å². The Morgan fingerprint density at radius 1 is 1.68 bits per heavy atom. The summed E-state index contributed by atoms with van der Waals surface area (Å²) in [6.07, 6.45) is 8.36. The average molecular weight is 265 g/mol. The molecule has 2 atom stereocenters. The molecular weight excluding hydrogens is 242 g/mol. The average Bonchev–Trinajstić information content (AvgIpc) is 3.02. The molecule has 0 bridgehead atoms. The molecule has 1 saturated carbocycles. The van der Waals surface area contributed by atoms with Crippen molar-refractivity contribution in [3.63, 3.8) is 0 Å². The van der Waals surface area contributed by atoms with Crippen LogP contribution in [0.2, 0.25) is 0 Å². The van der Waals surface area contributed by atoms with Crippen LogP contribution in [0.3, 0.4) is 0 Å². The lowest BCUT2D eigenvalue weighted by molar-refractivity contribution is -0.148. The highest BCUT2D eigenvalue weighted by Crippen LogP contribution is 2.37. The number of carbonyl (C=O) groups excluding carboxylic acids is 1. The summed E-state index contributed by atoms with van der Waals surface area (Å²) in [5.74, 6) is 1.02.